The first kappa shape index (κ1) is 9.87. The second-order valence-electron chi connectivity index (χ2n) is 4.35. The highest BCUT2D eigenvalue weighted by molar-refractivity contribution is 5.79. The third-order valence-electron chi connectivity index (χ3n) is 3.19. The molecule has 14 heavy (non-hydrogen) atoms. The molecule has 0 N–H and O–H groups in total. The van der Waals surface area contributed by atoms with Gasteiger partial charge < -0.3 is 4.90 Å². The first-order valence-electron chi connectivity index (χ1n) is 5.25. The fourth-order valence-corrected chi connectivity index (χ4v) is 2.35. The summed E-state index contributed by atoms with van der Waals surface area (Å²) in [6.07, 6.45) is 3.76. The van der Waals surface area contributed by atoms with Crippen LogP contribution in [0.2, 0.25) is 0 Å². The van der Waals surface area contributed by atoms with Crippen molar-refractivity contribution in [1.82, 2.24) is 4.90 Å². The van der Waals surface area contributed by atoms with E-state index in [1.54, 1.807) is 0 Å². The predicted octanol–water partition coefficient (Wildman–Crippen LogP) is 2.04. The minimum atomic E-state index is -2.64. The maximum Gasteiger partial charge on any atom is 0.267 e. The van der Waals surface area contributed by atoms with Gasteiger partial charge in [-0.25, -0.2) is 8.78 Å². The SMILES string of the molecule is O=C(C1CCCC1)N1CCC(F)(F)C1. The monoisotopic (exact) mass is 203 g/mol. The van der Waals surface area contributed by atoms with E-state index in [9.17, 15) is 13.6 Å². The Morgan fingerprint density at radius 1 is 1.29 bits per heavy atom. The largest absolute Gasteiger partial charge is 0.336 e. The fourth-order valence-electron chi connectivity index (χ4n) is 2.35. The van der Waals surface area contributed by atoms with E-state index in [-0.39, 0.29) is 31.3 Å². The van der Waals surface area contributed by atoms with Gasteiger partial charge in [-0.05, 0) is 12.8 Å². The highest BCUT2D eigenvalue weighted by Gasteiger charge is 2.42. The molecule has 0 bridgehead atoms. The quantitative estimate of drug-likeness (QED) is 0.638. The van der Waals surface area contributed by atoms with Crippen molar-refractivity contribution in [3.8, 4) is 0 Å². The van der Waals surface area contributed by atoms with Crippen molar-refractivity contribution in [2.24, 2.45) is 5.92 Å². The van der Waals surface area contributed by atoms with E-state index in [2.05, 4.69) is 0 Å². The van der Waals surface area contributed by atoms with Crippen LogP contribution in [0.3, 0.4) is 0 Å². The summed E-state index contributed by atoms with van der Waals surface area (Å²) in [7, 11) is 0. The van der Waals surface area contributed by atoms with Crippen molar-refractivity contribution in [3.05, 3.63) is 0 Å². The Kier molecular flexibility index (Phi) is 2.45. The van der Waals surface area contributed by atoms with E-state index in [1.165, 1.54) is 4.90 Å². The molecule has 0 spiro atoms. The molecule has 1 saturated carbocycles. The third-order valence-corrected chi connectivity index (χ3v) is 3.19. The molecule has 1 aliphatic heterocycles. The summed E-state index contributed by atoms with van der Waals surface area (Å²) in [6, 6.07) is 0. The van der Waals surface area contributed by atoms with Gasteiger partial charge in [-0.3, -0.25) is 4.79 Å². The molecule has 0 radical (unpaired) electrons. The van der Waals surface area contributed by atoms with Gasteiger partial charge in [0.1, 0.15) is 0 Å². The van der Waals surface area contributed by atoms with Gasteiger partial charge in [0, 0.05) is 18.9 Å². The zero-order chi connectivity index (χ0) is 10.2. The van der Waals surface area contributed by atoms with Crippen molar-refractivity contribution in [2.75, 3.05) is 13.1 Å². The summed E-state index contributed by atoms with van der Waals surface area (Å²) in [6.45, 7) is -0.120. The average Bonchev–Trinajstić information content (AvgIpc) is 2.72. The van der Waals surface area contributed by atoms with Gasteiger partial charge in [-0.15, -0.1) is 0 Å². The van der Waals surface area contributed by atoms with E-state index >= 15 is 0 Å². The van der Waals surface area contributed by atoms with Crippen LogP contribution in [0.4, 0.5) is 8.78 Å². The van der Waals surface area contributed by atoms with Gasteiger partial charge in [0.2, 0.25) is 5.91 Å². The van der Waals surface area contributed by atoms with Crippen molar-refractivity contribution in [1.29, 1.82) is 0 Å². The number of alkyl halides is 2. The van der Waals surface area contributed by atoms with E-state index < -0.39 is 5.92 Å². The topological polar surface area (TPSA) is 20.3 Å². The summed E-state index contributed by atoms with van der Waals surface area (Å²) in [5.41, 5.74) is 0. The minimum Gasteiger partial charge on any atom is -0.336 e. The molecular formula is C10H15F2NO. The lowest BCUT2D eigenvalue weighted by Gasteiger charge is -2.19. The maximum absolute atomic E-state index is 12.8. The lowest BCUT2D eigenvalue weighted by atomic mass is 10.1. The zero-order valence-corrected chi connectivity index (χ0v) is 8.14. The van der Waals surface area contributed by atoms with E-state index in [0.29, 0.717) is 0 Å². The third kappa shape index (κ3) is 1.88. The summed E-state index contributed by atoms with van der Waals surface area (Å²) in [5, 5.41) is 0. The minimum absolute atomic E-state index is 0.0314. The Hall–Kier alpha value is -0.670. The Morgan fingerprint density at radius 2 is 1.93 bits per heavy atom. The summed E-state index contributed by atoms with van der Waals surface area (Å²) in [4.78, 5) is 13.1. The maximum atomic E-state index is 12.8. The molecule has 0 atom stereocenters. The van der Waals surface area contributed by atoms with Crippen molar-refractivity contribution < 1.29 is 13.6 Å². The van der Waals surface area contributed by atoms with Gasteiger partial charge in [-0.2, -0.15) is 0 Å². The number of carbonyl (C=O) groups is 1. The number of rotatable bonds is 1. The molecule has 0 aromatic carbocycles. The molecule has 80 valence electrons. The predicted molar refractivity (Wildman–Crippen MR) is 48.1 cm³/mol. The molecule has 0 unspecified atom stereocenters. The molecule has 2 rings (SSSR count). The van der Waals surface area contributed by atoms with Crippen LogP contribution >= 0.6 is 0 Å². The van der Waals surface area contributed by atoms with Crippen LogP contribution < -0.4 is 0 Å². The van der Waals surface area contributed by atoms with Crippen LogP contribution in [0.1, 0.15) is 32.1 Å². The Labute approximate surface area is 82.3 Å². The van der Waals surface area contributed by atoms with Crippen LogP contribution in [0.15, 0.2) is 0 Å². The van der Waals surface area contributed by atoms with E-state index in [4.69, 9.17) is 0 Å². The fraction of sp³-hybridized carbons (Fsp3) is 0.900. The first-order chi connectivity index (χ1) is 6.58. The average molecular weight is 203 g/mol. The molecule has 0 aromatic rings. The summed E-state index contributed by atoms with van der Waals surface area (Å²) >= 11 is 0. The number of carbonyl (C=O) groups excluding carboxylic acids is 1. The van der Waals surface area contributed by atoms with Crippen LogP contribution in [-0.4, -0.2) is 29.8 Å². The molecule has 2 aliphatic rings. The Balaban J connectivity index is 1.92. The Morgan fingerprint density at radius 3 is 2.43 bits per heavy atom. The molecular weight excluding hydrogens is 188 g/mol. The van der Waals surface area contributed by atoms with Crippen LogP contribution in [0, 0.1) is 5.92 Å². The normalized spacial score (nSPS) is 27.1. The van der Waals surface area contributed by atoms with Crippen LogP contribution in [0.25, 0.3) is 0 Å². The first-order valence-corrected chi connectivity index (χ1v) is 5.25. The molecule has 1 aliphatic carbocycles. The molecule has 2 nitrogen and oxygen atoms in total. The van der Waals surface area contributed by atoms with Crippen molar-refractivity contribution in [3.63, 3.8) is 0 Å². The number of nitrogens with zero attached hydrogens (tertiary/aromatic N) is 1. The molecule has 4 heteroatoms. The molecule has 0 aromatic heterocycles. The summed E-state index contributed by atoms with van der Waals surface area (Å²) in [5.74, 6) is -2.66. The van der Waals surface area contributed by atoms with E-state index in [0.717, 1.165) is 25.7 Å². The van der Waals surface area contributed by atoms with Crippen LogP contribution in [0.5, 0.6) is 0 Å². The standard InChI is InChI=1S/C10H15F2NO/c11-10(12)5-6-13(7-10)9(14)8-3-1-2-4-8/h8H,1-7H2. The summed E-state index contributed by atoms with van der Waals surface area (Å²) < 4.78 is 25.7. The number of likely N-dealkylation sites (tertiary alicyclic amines) is 1. The molecule has 1 heterocycles. The van der Waals surface area contributed by atoms with Gasteiger partial charge >= 0.3 is 0 Å². The number of hydrogen-bond donors (Lipinski definition) is 0. The van der Waals surface area contributed by atoms with Gasteiger partial charge in [0.05, 0.1) is 6.54 Å². The molecule has 1 saturated heterocycles. The zero-order valence-electron chi connectivity index (χ0n) is 8.14. The second-order valence-corrected chi connectivity index (χ2v) is 4.35. The Bertz CT molecular complexity index is 236. The molecule has 2 fully saturated rings. The van der Waals surface area contributed by atoms with Gasteiger partial charge in [0.25, 0.3) is 5.92 Å². The van der Waals surface area contributed by atoms with Crippen LogP contribution in [-0.2, 0) is 4.79 Å². The highest BCUT2D eigenvalue weighted by atomic mass is 19.3. The number of amides is 1. The lowest BCUT2D eigenvalue weighted by molar-refractivity contribution is -0.135. The second kappa shape index (κ2) is 3.48. The van der Waals surface area contributed by atoms with Gasteiger partial charge in [-0.1, -0.05) is 12.8 Å². The lowest BCUT2D eigenvalue weighted by Crippen LogP contribution is -2.35. The highest BCUT2D eigenvalue weighted by Crippen LogP contribution is 2.31. The van der Waals surface area contributed by atoms with Crippen molar-refractivity contribution >= 4 is 5.91 Å². The smallest absolute Gasteiger partial charge is 0.267 e. The van der Waals surface area contributed by atoms with Gasteiger partial charge in [0.15, 0.2) is 0 Å². The number of halogens is 2. The number of hydrogen-bond acceptors (Lipinski definition) is 1. The van der Waals surface area contributed by atoms with Crippen molar-refractivity contribution in [2.45, 2.75) is 38.0 Å². The van der Waals surface area contributed by atoms with E-state index in [1.807, 2.05) is 0 Å². The molecule has 1 amide bonds.